The lowest BCUT2D eigenvalue weighted by atomic mass is 10.1. The minimum Gasteiger partial charge on any atom is -0.465 e. The number of methoxy groups -OCH3 is 1. The van der Waals surface area contributed by atoms with E-state index in [1.54, 1.807) is 18.2 Å². The van der Waals surface area contributed by atoms with Crippen LogP contribution in [0.5, 0.6) is 0 Å². The van der Waals surface area contributed by atoms with Gasteiger partial charge in [0.05, 0.1) is 22.7 Å². The smallest absolute Gasteiger partial charge is 0.337 e. The zero-order chi connectivity index (χ0) is 18.1. The van der Waals surface area contributed by atoms with Crippen LogP contribution in [0.3, 0.4) is 0 Å². The van der Waals surface area contributed by atoms with Crippen molar-refractivity contribution in [2.24, 2.45) is 0 Å². The fraction of sp³-hybridized carbons (Fsp3) is 0.450. The number of fused-ring (bicyclic) bond motifs is 1. The Balaban J connectivity index is 2.05. The van der Waals surface area contributed by atoms with Gasteiger partial charge in [0.2, 0.25) is 0 Å². The summed E-state index contributed by atoms with van der Waals surface area (Å²) in [5, 5.41) is 9.16. The van der Waals surface area contributed by atoms with Gasteiger partial charge < -0.3 is 4.74 Å². The summed E-state index contributed by atoms with van der Waals surface area (Å²) in [6.07, 6.45) is 8.38. The van der Waals surface area contributed by atoms with E-state index in [-0.39, 0.29) is 5.97 Å². The Morgan fingerprint density at radius 3 is 2.68 bits per heavy atom. The number of rotatable bonds is 7. The Hall–Kier alpha value is -1.93. The summed E-state index contributed by atoms with van der Waals surface area (Å²) in [7, 11) is 1.37. The van der Waals surface area contributed by atoms with Crippen molar-refractivity contribution in [2.75, 3.05) is 7.11 Å². The number of aromatic nitrogens is 2. The topological polar surface area (TPSA) is 52.1 Å². The molecule has 0 saturated heterocycles. The number of benzene rings is 1. The quantitative estimate of drug-likeness (QED) is 0.359. The normalized spacial score (nSPS) is 10.4. The molecule has 0 unspecified atom stereocenters. The molecule has 0 radical (unpaired) electrons. The van der Waals surface area contributed by atoms with Gasteiger partial charge in [-0.25, -0.2) is 4.79 Å². The number of halogens is 1. The zero-order valence-corrected chi connectivity index (χ0v) is 16.4. The molecule has 25 heavy (non-hydrogen) atoms. The average molecular weight is 403 g/mol. The third-order valence-electron chi connectivity index (χ3n) is 3.98. The lowest BCUT2D eigenvalue weighted by Crippen LogP contribution is -2.01. The first-order chi connectivity index (χ1) is 12.2. The number of ether oxygens (including phenoxy) is 1. The first kappa shape index (κ1) is 19.4. The highest BCUT2D eigenvalue weighted by Crippen LogP contribution is 2.25. The van der Waals surface area contributed by atoms with E-state index in [2.05, 4.69) is 44.9 Å². The van der Waals surface area contributed by atoms with Gasteiger partial charge in [-0.05, 0) is 46.5 Å². The van der Waals surface area contributed by atoms with Crippen LogP contribution in [0.15, 0.2) is 22.7 Å². The van der Waals surface area contributed by atoms with Gasteiger partial charge in [-0.2, -0.15) is 0 Å². The summed E-state index contributed by atoms with van der Waals surface area (Å²) in [5.74, 6) is 5.88. The second-order valence-corrected chi connectivity index (χ2v) is 6.70. The highest BCUT2D eigenvalue weighted by atomic mass is 79.9. The van der Waals surface area contributed by atoms with Gasteiger partial charge in [0, 0.05) is 11.8 Å². The Bertz CT molecular complexity index is 793. The number of hydrogen-bond donors (Lipinski definition) is 0. The molecule has 1 heterocycles. The number of unbranched alkanes of at least 4 members (excludes halogenated alkanes) is 6. The molecule has 1 aromatic heterocycles. The number of esters is 1. The highest BCUT2D eigenvalue weighted by Gasteiger charge is 2.11. The molecular weight excluding hydrogens is 380 g/mol. The molecule has 132 valence electrons. The summed E-state index contributed by atoms with van der Waals surface area (Å²) < 4.78 is 5.53. The maximum atomic E-state index is 11.7. The molecule has 0 aliphatic carbocycles. The molecule has 0 aliphatic rings. The van der Waals surface area contributed by atoms with E-state index in [9.17, 15) is 4.79 Å². The van der Waals surface area contributed by atoms with E-state index in [0.29, 0.717) is 16.8 Å². The number of nitrogens with zero attached hydrogens (tertiary/aromatic N) is 2. The van der Waals surface area contributed by atoms with E-state index in [4.69, 9.17) is 4.74 Å². The summed E-state index contributed by atoms with van der Waals surface area (Å²) in [5.41, 5.74) is 1.79. The van der Waals surface area contributed by atoms with Crippen LogP contribution in [-0.2, 0) is 4.74 Å². The molecule has 0 aliphatic heterocycles. The summed E-state index contributed by atoms with van der Waals surface area (Å²) >= 11 is 3.54. The van der Waals surface area contributed by atoms with E-state index in [1.165, 1.54) is 39.2 Å². The lowest BCUT2D eigenvalue weighted by Gasteiger charge is -2.04. The predicted octanol–water partition coefficient (Wildman–Crippen LogP) is 5.28. The van der Waals surface area contributed by atoms with Gasteiger partial charge in [-0.1, -0.05) is 44.9 Å². The van der Waals surface area contributed by atoms with Crippen molar-refractivity contribution >= 4 is 32.8 Å². The first-order valence-electron chi connectivity index (χ1n) is 8.70. The van der Waals surface area contributed by atoms with Crippen molar-refractivity contribution in [1.29, 1.82) is 0 Å². The Labute approximate surface area is 157 Å². The Morgan fingerprint density at radius 2 is 1.92 bits per heavy atom. The van der Waals surface area contributed by atoms with Crippen molar-refractivity contribution in [2.45, 2.75) is 51.9 Å². The van der Waals surface area contributed by atoms with E-state index in [1.807, 2.05) is 0 Å². The van der Waals surface area contributed by atoms with Crippen molar-refractivity contribution in [3.8, 4) is 11.8 Å². The molecule has 2 aromatic rings. The number of carbonyl (C=O) groups excluding carboxylic acids is 1. The number of carbonyl (C=O) groups is 1. The fourth-order valence-corrected chi connectivity index (χ4v) is 3.04. The summed E-state index contributed by atoms with van der Waals surface area (Å²) in [6.45, 7) is 2.22. The van der Waals surface area contributed by atoms with Crippen molar-refractivity contribution in [3.05, 3.63) is 33.9 Å². The van der Waals surface area contributed by atoms with Gasteiger partial charge >= 0.3 is 5.97 Å². The lowest BCUT2D eigenvalue weighted by molar-refractivity contribution is 0.0601. The monoisotopic (exact) mass is 402 g/mol. The van der Waals surface area contributed by atoms with Crippen molar-refractivity contribution in [3.63, 3.8) is 0 Å². The molecule has 2 rings (SSSR count). The molecular formula is C20H23BrN2O2. The minimum atomic E-state index is -0.374. The molecule has 0 amide bonds. The van der Waals surface area contributed by atoms with Crippen LogP contribution in [-0.4, -0.2) is 23.3 Å². The minimum absolute atomic E-state index is 0.374. The van der Waals surface area contributed by atoms with Crippen LogP contribution in [0.4, 0.5) is 0 Å². The summed E-state index contributed by atoms with van der Waals surface area (Å²) in [4.78, 5) is 11.7. The maximum Gasteiger partial charge on any atom is 0.337 e. The Morgan fingerprint density at radius 1 is 1.16 bits per heavy atom. The Kier molecular flexibility index (Phi) is 7.87. The van der Waals surface area contributed by atoms with Crippen LogP contribution in [0.1, 0.15) is 67.9 Å². The van der Waals surface area contributed by atoms with Gasteiger partial charge in [0.15, 0.2) is 5.69 Å². The van der Waals surface area contributed by atoms with Crippen molar-refractivity contribution < 1.29 is 9.53 Å². The van der Waals surface area contributed by atoms with Gasteiger partial charge in [0.1, 0.15) is 0 Å². The predicted molar refractivity (Wildman–Crippen MR) is 103 cm³/mol. The summed E-state index contributed by atoms with van der Waals surface area (Å²) in [6, 6.07) is 5.19. The SMILES string of the molecule is CCCCCCCCC#Cc1nnc2ccc(C(=O)OC)cc2c1Br. The molecule has 0 fully saturated rings. The van der Waals surface area contributed by atoms with Crippen LogP contribution in [0.2, 0.25) is 0 Å². The largest absolute Gasteiger partial charge is 0.465 e. The molecule has 0 bridgehead atoms. The van der Waals surface area contributed by atoms with E-state index in [0.717, 1.165) is 22.7 Å². The van der Waals surface area contributed by atoms with Crippen LogP contribution in [0, 0.1) is 11.8 Å². The van der Waals surface area contributed by atoms with Crippen molar-refractivity contribution in [1.82, 2.24) is 10.2 Å². The molecule has 1 aromatic carbocycles. The van der Waals surface area contributed by atoms with Crippen LogP contribution in [0.25, 0.3) is 10.9 Å². The fourth-order valence-electron chi connectivity index (χ4n) is 2.54. The second-order valence-electron chi connectivity index (χ2n) is 5.91. The third-order valence-corrected chi connectivity index (χ3v) is 4.78. The first-order valence-corrected chi connectivity index (χ1v) is 9.49. The standard InChI is InChI=1S/C20H23BrN2O2/c1-3-4-5-6-7-8-9-10-11-18-19(21)16-14-15(20(24)25-2)12-13-17(16)22-23-18/h12-14H,3-9H2,1-2H3. The zero-order valence-electron chi connectivity index (χ0n) is 14.8. The van der Waals surface area contributed by atoms with E-state index < -0.39 is 0 Å². The molecule has 0 saturated carbocycles. The molecule has 4 nitrogen and oxygen atoms in total. The van der Waals surface area contributed by atoms with Gasteiger partial charge in [-0.3, -0.25) is 0 Å². The molecule has 0 N–H and O–H groups in total. The van der Waals surface area contributed by atoms with Gasteiger partial charge in [-0.15, -0.1) is 10.2 Å². The molecule has 0 spiro atoms. The van der Waals surface area contributed by atoms with Gasteiger partial charge in [0.25, 0.3) is 0 Å². The highest BCUT2D eigenvalue weighted by molar-refractivity contribution is 9.10. The van der Waals surface area contributed by atoms with E-state index >= 15 is 0 Å². The second kappa shape index (κ2) is 10.1. The van der Waals surface area contributed by atoms with Crippen LogP contribution >= 0.6 is 15.9 Å². The average Bonchev–Trinajstić information content (AvgIpc) is 2.64. The maximum absolute atomic E-state index is 11.7. The third kappa shape index (κ3) is 5.54. The van der Waals surface area contributed by atoms with Crippen LogP contribution < -0.4 is 0 Å². The molecule has 0 atom stereocenters. The number of hydrogen-bond acceptors (Lipinski definition) is 4. The molecule has 5 heteroatoms.